The highest BCUT2D eigenvalue weighted by molar-refractivity contribution is 4.79. The molecule has 1 rings (SSSR count). The van der Waals surface area contributed by atoms with Gasteiger partial charge in [0.2, 0.25) is 0 Å². The van der Waals surface area contributed by atoms with Crippen molar-refractivity contribution in [3.8, 4) is 0 Å². The molecule has 0 aromatic rings. The number of halogens is 3. The summed E-state index contributed by atoms with van der Waals surface area (Å²) in [7, 11) is 1.94. The van der Waals surface area contributed by atoms with Gasteiger partial charge in [-0.15, -0.1) is 0 Å². The van der Waals surface area contributed by atoms with Crippen LogP contribution in [0.4, 0.5) is 13.2 Å². The molecular weight excluding hydrogens is 229 g/mol. The van der Waals surface area contributed by atoms with E-state index in [0.717, 1.165) is 19.5 Å². The molecule has 1 saturated heterocycles. The molecule has 0 amide bonds. The van der Waals surface area contributed by atoms with E-state index >= 15 is 0 Å². The topological polar surface area (TPSA) is 15.3 Å². The van der Waals surface area contributed by atoms with Gasteiger partial charge in [-0.05, 0) is 52.2 Å². The third kappa shape index (κ3) is 5.73. The second-order valence-electron chi connectivity index (χ2n) is 5.00. The van der Waals surface area contributed by atoms with E-state index in [1.165, 1.54) is 6.42 Å². The molecule has 1 fully saturated rings. The normalized spacial score (nSPS) is 24.9. The fourth-order valence-corrected chi connectivity index (χ4v) is 2.44. The molecule has 0 aliphatic carbocycles. The second-order valence-corrected chi connectivity index (χ2v) is 5.00. The number of piperidine rings is 1. The Hall–Kier alpha value is -0.290. The zero-order valence-corrected chi connectivity index (χ0v) is 10.7. The van der Waals surface area contributed by atoms with E-state index in [-0.39, 0.29) is 6.42 Å². The summed E-state index contributed by atoms with van der Waals surface area (Å²) in [5.41, 5.74) is 0. The molecular formula is C12H23F3N2. The molecule has 2 atom stereocenters. The number of rotatable bonds is 5. The lowest BCUT2D eigenvalue weighted by molar-refractivity contribution is -0.136. The van der Waals surface area contributed by atoms with Gasteiger partial charge in [0.1, 0.15) is 0 Å². The third-order valence-electron chi connectivity index (χ3n) is 3.64. The summed E-state index contributed by atoms with van der Waals surface area (Å²) >= 11 is 0. The molecule has 2 nitrogen and oxygen atoms in total. The molecule has 0 bridgehead atoms. The number of nitrogens with one attached hydrogen (secondary N) is 1. The maximum atomic E-state index is 12.0. The van der Waals surface area contributed by atoms with Crippen molar-refractivity contribution in [3.05, 3.63) is 0 Å². The summed E-state index contributed by atoms with van der Waals surface area (Å²) in [6.45, 7) is 4.60. The van der Waals surface area contributed by atoms with Crippen LogP contribution in [0, 0.1) is 5.92 Å². The van der Waals surface area contributed by atoms with E-state index in [4.69, 9.17) is 0 Å². The molecule has 1 aliphatic heterocycles. The Bertz CT molecular complexity index is 218. The molecule has 1 heterocycles. The van der Waals surface area contributed by atoms with Crippen LogP contribution in [-0.2, 0) is 0 Å². The van der Waals surface area contributed by atoms with Crippen LogP contribution < -0.4 is 5.32 Å². The van der Waals surface area contributed by atoms with Gasteiger partial charge in [0.15, 0.2) is 0 Å². The van der Waals surface area contributed by atoms with Crippen molar-refractivity contribution in [2.75, 3.05) is 26.7 Å². The van der Waals surface area contributed by atoms with Gasteiger partial charge in [-0.3, -0.25) is 0 Å². The predicted octanol–water partition coefficient (Wildman–Crippen LogP) is 2.65. The molecule has 102 valence electrons. The van der Waals surface area contributed by atoms with E-state index in [9.17, 15) is 13.2 Å². The zero-order chi connectivity index (χ0) is 12.9. The fourth-order valence-electron chi connectivity index (χ4n) is 2.44. The summed E-state index contributed by atoms with van der Waals surface area (Å²) in [5, 5.41) is 3.23. The van der Waals surface area contributed by atoms with Crippen LogP contribution in [0.25, 0.3) is 0 Å². The van der Waals surface area contributed by atoms with Gasteiger partial charge < -0.3 is 10.2 Å². The molecule has 1 aliphatic rings. The maximum absolute atomic E-state index is 12.0. The van der Waals surface area contributed by atoms with E-state index in [1.54, 1.807) is 0 Å². The molecule has 17 heavy (non-hydrogen) atoms. The van der Waals surface area contributed by atoms with Gasteiger partial charge in [0, 0.05) is 19.0 Å². The smallest absolute Gasteiger partial charge is 0.317 e. The minimum atomic E-state index is -4.01. The largest absolute Gasteiger partial charge is 0.389 e. The van der Waals surface area contributed by atoms with Crippen LogP contribution in [0.2, 0.25) is 0 Å². The summed E-state index contributed by atoms with van der Waals surface area (Å²) in [4.78, 5) is 2.17. The van der Waals surface area contributed by atoms with Gasteiger partial charge in [0.05, 0.1) is 0 Å². The van der Waals surface area contributed by atoms with Crippen LogP contribution >= 0.6 is 0 Å². The molecule has 0 saturated carbocycles. The number of hydrogen-bond acceptors (Lipinski definition) is 2. The molecule has 0 spiro atoms. The van der Waals surface area contributed by atoms with E-state index in [2.05, 4.69) is 17.1 Å². The molecule has 5 heteroatoms. The van der Waals surface area contributed by atoms with Crippen LogP contribution in [0.3, 0.4) is 0 Å². The van der Waals surface area contributed by atoms with Crippen molar-refractivity contribution in [1.82, 2.24) is 10.2 Å². The Balaban J connectivity index is 2.25. The minimum absolute atomic E-state index is 0.226. The number of nitrogens with zero attached hydrogens (tertiary/aromatic N) is 1. The van der Waals surface area contributed by atoms with Crippen molar-refractivity contribution in [2.24, 2.45) is 5.92 Å². The van der Waals surface area contributed by atoms with Crippen molar-refractivity contribution >= 4 is 0 Å². The minimum Gasteiger partial charge on any atom is -0.317 e. The Morgan fingerprint density at radius 1 is 1.41 bits per heavy atom. The summed E-state index contributed by atoms with van der Waals surface area (Å²) in [6.07, 6.45) is -2.16. The Morgan fingerprint density at radius 2 is 2.12 bits per heavy atom. The first kappa shape index (κ1) is 14.8. The van der Waals surface area contributed by atoms with Crippen LogP contribution in [0.15, 0.2) is 0 Å². The second kappa shape index (κ2) is 6.59. The molecule has 1 N–H and O–H groups in total. The summed E-state index contributed by atoms with van der Waals surface area (Å²) in [5.74, 6) is 0.569. The van der Waals surface area contributed by atoms with E-state index < -0.39 is 12.6 Å². The van der Waals surface area contributed by atoms with Crippen LogP contribution in [0.1, 0.15) is 32.6 Å². The standard InChI is InChI=1S/C12H23F3N2/c1-10(16-2)11-5-3-7-17(9-11)8-4-6-12(13,14)15/h10-11,16H,3-9H2,1-2H3. The number of hydrogen-bond donors (Lipinski definition) is 1. The van der Waals surface area contributed by atoms with Crippen molar-refractivity contribution < 1.29 is 13.2 Å². The van der Waals surface area contributed by atoms with Crippen LogP contribution in [-0.4, -0.2) is 43.8 Å². The summed E-state index contributed by atoms with van der Waals surface area (Å²) in [6, 6.07) is 0.445. The third-order valence-corrected chi connectivity index (χ3v) is 3.64. The van der Waals surface area contributed by atoms with E-state index in [0.29, 0.717) is 18.5 Å². The lowest BCUT2D eigenvalue weighted by Crippen LogP contribution is -2.43. The number of likely N-dealkylation sites (tertiary alicyclic amines) is 1. The molecule has 0 aromatic carbocycles. The highest BCUT2D eigenvalue weighted by Gasteiger charge is 2.28. The Labute approximate surface area is 102 Å². The monoisotopic (exact) mass is 252 g/mol. The van der Waals surface area contributed by atoms with E-state index in [1.807, 2.05) is 7.05 Å². The van der Waals surface area contributed by atoms with Gasteiger partial charge in [-0.25, -0.2) is 0 Å². The first-order valence-electron chi connectivity index (χ1n) is 6.39. The molecule has 2 unspecified atom stereocenters. The summed E-state index contributed by atoms with van der Waals surface area (Å²) < 4.78 is 36.1. The first-order chi connectivity index (χ1) is 7.92. The predicted molar refractivity (Wildman–Crippen MR) is 63.0 cm³/mol. The maximum Gasteiger partial charge on any atom is 0.389 e. The highest BCUT2D eigenvalue weighted by atomic mass is 19.4. The SMILES string of the molecule is CNC(C)C1CCCN(CCCC(F)(F)F)C1. The van der Waals surface area contributed by atoms with Gasteiger partial charge in [-0.2, -0.15) is 13.2 Å². The Morgan fingerprint density at radius 3 is 2.71 bits per heavy atom. The highest BCUT2D eigenvalue weighted by Crippen LogP contribution is 2.23. The zero-order valence-electron chi connectivity index (χ0n) is 10.7. The van der Waals surface area contributed by atoms with Gasteiger partial charge in [-0.1, -0.05) is 0 Å². The lowest BCUT2D eigenvalue weighted by atomic mass is 9.91. The Kier molecular flexibility index (Phi) is 5.73. The van der Waals surface area contributed by atoms with Crippen molar-refractivity contribution in [3.63, 3.8) is 0 Å². The van der Waals surface area contributed by atoms with Crippen molar-refractivity contribution in [2.45, 2.75) is 44.8 Å². The van der Waals surface area contributed by atoms with Gasteiger partial charge in [0.25, 0.3) is 0 Å². The average molecular weight is 252 g/mol. The van der Waals surface area contributed by atoms with Crippen molar-refractivity contribution in [1.29, 1.82) is 0 Å². The fraction of sp³-hybridized carbons (Fsp3) is 1.00. The quantitative estimate of drug-likeness (QED) is 0.809. The first-order valence-corrected chi connectivity index (χ1v) is 6.39. The molecule has 0 radical (unpaired) electrons. The number of alkyl halides is 3. The van der Waals surface area contributed by atoms with Gasteiger partial charge >= 0.3 is 6.18 Å². The molecule has 0 aromatic heterocycles. The van der Waals surface area contributed by atoms with Crippen LogP contribution in [0.5, 0.6) is 0 Å². The lowest BCUT2D eigenvalue weighted by Gasteiger charge is -2.35. The average Bonchev–Trinajstić information content (AvgIpc) is 2.27.